The van der Waals surface area contributed by atoms with Gasteiger partial charge in [-0.3, -0.25) is 9.59 Å². The first-order valence-corrected chi connectivity index (χ1v) is 24.2. The Morgan fingerprint density at radius 1 is 0.364 bits per heavy atom. The molecule has 0 atom stereocenters. The van der Waals surface area contributed by atoms with E-state index in [-0.39, 0.29) is 22.4 Å². The van der Waals surface area contributed by atoms with Crippen LogP contribution < -0.4 is 15.6 Å². The average molecular weight is 765 g/mol. The number of hydrogen-bond acceptors (Lipinski definition) is 3. The molecule has 0 fully saturated rings. The van der Waals surface area contributed by atoms with Gasteiger partial charge in [-0.25, -0.2) is 0 Å². The Kier molecular flexibility index (Phi) is 30.0. The summed E-state index contributed by atoms with van der Waals surface area (Å²) >= 11 is 0. The summed E-state index contributed by atoms with van der Waals surface area (Å²) in [4.78, 5) is 26.2. The molecule has 0 bridgehead atoms. The van der Waals surface area contributed by atoms with Crippen molar-refractivity contribution >= 4 is 0 Å². The number of unbranched alkanes of at least 4 members (excludes halogenated alkanes) is 30. The van der Waals surface area contributed by atoms with Gasteiger partial charge in [-0.05, 0) is 25.7 Å². The lowest BCUT2D eigenvalue weighted by Crippen LogP contribution is -2.18. The minimum absolute atomic E-state index is 0.150. The molecule has 5 nitrogen and oxygen atoms in total. The summed E-state index contributed by atoms with van der Waals surface area (Å²) in [6, 6.07) is 3.41. The van der Waals surface area contributed by atoms with E-state index in [0.717, 1.165) is 50.2 Å². The molecule has 0 radical (unpaired) electrons. The molecule has 2 heterocycles. The normalized spacial score (nSPS) is 11.5. The van der Waals surface area contributed by atoms with Crippen LogP contribution in [0.4, 0.5) is 0 Å². The number of aryl methyl sites for hydroxylation is 4. The third kappa shape index (κ3) is 23.5. The van der Waals surface area contributed by atoms with Gasteiger partial charge in [0.25, 0.3) is 0 Å². The summed E-state index contributed by atoms with van der Waals surface area (Å²) < 4.78 is 10.5. The number of pyridine rings is 2. The lowest BCUT2D eigenvalue weighted by molar-refractivity contribution is 0.447. The van der Waals surface area contributed by atoms with E-state index in [0.29, 0.717) is 0 Å². The Labute approximate surface area is 339 Å². The highest BCUT2D eigenvalue weighted by atomic mass is 16.5. The highest BCUT2D eigenvalue weighted by Gasteiger charge is 2.13. The molecule has 2 aromatic heterocycles. The van der Waals surface area contributed by atoms with E-state index in [1.54, 1.807) is 12.1 Å². The zero-order valence-corrected chi connectivity index (χ0v) is 36.9. The smallest absolute Gasteiger partial charge is 0.224 e. The molecule has 0 aromatic carbocycles. The number of nitrogens with zero attached hydrogens (tertiary/aromatic N) is 2. The first-order chi connectivity index (χ1) is 27.0. The molecular formula is C50H88N2O3. The fraction of sp³-hybridized carbons (Fsp3) is 0.800. The van der Waals surface area contributed by atoms with Crippen LogP contribution in [0.15, 0.2) is 34.1 Å². The summed E-state index contributed by atoms with van der Waals surface area (Å²) in [5.41, 5.74) is 1.76. The van der Waals surface area contributed by atoms with Crippen LogP contribution in [0, 0.1) is 0 Å². The van der Waals surface area contributed by atoms with Gasteiger partial charge in [-0.2, -0.15) is 0 Å². The molecule has 0 spiro atoms. The van der Waals surface area contributed by atoms with Crippen LogP contribution in [-0.4, -0.2) is 9.13 Å². The fourth-order valence-corrected chi connectivity index (χ4v) is 8.15. The van der Waals surface area contributed by atoms with Crippen LogP contribution in [0.2, 0.25) is 0 Å². The summed E-state index contributed by atoms with van der Waals surface area (Å²) in [6.07, 6.45) is 48.7. The molecule has 2 rings (SSSR count). The minimum atomic E-state index is -0.150. The van der Waals surface area contributed by atoms with Gasteiger partial charge in [0.15, 0.2) is 11.5 Å². The van der Waals surface area contributed by atoms with E-state index in [4.69, 9.17) is 4.74 Å². The van der Waals surface area contributed by atoms with Crippen LogP contribution >= 0.6 is 0 Å². The second-order valence-electron chi connectivity index (χ2n) is 16.8. The third-order valence-corrected chi connectivity index (χ3v) is 11.8. The Balaban J connectivity index is 1.68. The lowest BCUT2D eigenvalue weighted by atomic mass is 10.0. The van der Waals surface area contributed by atoms with Crippen LogP contribution in [0.25, 0.3) is 0 Å². The van der Waals surface area contributed by atoms with Crippen LogP contribution in [0.5, 0.6) is 11.5 Å². The van der Waals surface area contributed by atoms with E-state index in [1.165, 1.54) is 193 Å². The van der Waals surface area contributed by atoms with Gasteiger partial charge in [-0.1, -0.05) is 220 Å². The second kappa shape index (κ2) is 33.8. The van der Waals surface area contributed by atoms with Crippen molar-refractivity contribution in [3.8, 4) is 11.5 Å². The maximum absolute atomic E-state index is 13.1. The first-order valence-electron chi connectivity index (χ1n) is 24.2. The summed E-state index contributed by atoms with van der Waals surface area (Å²) in [5.74, 6) is 0.507. The van der Waals surface area contributed by atoms with E-state index >= 15 is 0 Å². The zero-order valence-electron chi connectivity index (χ0n) is 36.9. The average Bonchev–Trinajstić information content (AvgIpc) is 3.19. The summed E-state index contributed by atoms with van der Waals surface area (Å²) in [5, 5.41) is 0. The van der Waals surface area contributed by atoms with Crippen molar-refractivity contribution in [2.24, 2.45) is 0 Å². The van der Waals surface area contributed by atoms with Crippen molar-refractivity contribution in [1.29, 1.82) is 0 Å². The number of rotatable bonds is 38. The van der Waals surface area contributed by atoms with Gasteiger partial charge in [0.2, 0.25) is 10.9 Å². The Bertz CT molecular complexity index is 1210. The molecule has 0 aliphatic rings. The maximum atomic E-state index is 13.1. The molecule has 0 saturated carbocycles. The predicted octanol–water partition coefficient (Wildman–Crippen LogP) is 15.5. The monoisotopic (exact) mass is 765 g/mol. The Morgan fingerprint density at radius 2 is 0.600 bits per heavy atom. The van der Waals surface area contributed by atoms with Crippen molar-refractivity contribution in [1.82, 2.24) is 9.13 Å². The molecule has 0 aliphatic carbocycles. The first kappa shape index (κ1) is 48.8. The van der Waals surface area contributed by atoms with E-state index < -0.39 is 0 Å². The topological polar surface area (TPSA) is 53.2 Å². The standard InChI is InChI=1S/C50H88N2O3/c1-5-9-11-13-15-17-19-21-23-25-27-29-31-33-35-37-39-51-43-49(47(53)41-45(51)7-3)55-50-44-52(46(8-4)42-48(50)54)40-38-36-34-32-30-28-26-24-22-20-18-16-14-12-10-6-2/h41-44H,5-40H2,1-4H3. The highest BCUT2D eigenvalue weighted by Crippen LogP contribution is 2.20. The van der Waals surface area contributed by atoms with Gasteiger partial charge in [-0.15, -0.1) is 0 Å². The van der Waals surface area contributed by atoms with Crippen LogP contribution in [0.1, 0.15) is 245 Å². The summed E-state index contributed by atoms with van der Waals surface area (Å²) in [7, 11) is 0. The minimum Gasteiger partial charge on any atom is -0.446 e. The Hall–Kier alpha value is -2.30. The zero-order chi connectivity index (χ0) is 39.6. The number of hydrogen-bond donors (Lipinski definition) is 0. The molecule has 0 N–H and O–H groups in total. The molecule has 0 saturated heterocycles. The summed E-state index contributed by atoms with van der Waals surface area (Å²) in [6.45, 7) is 10.5. The molecule has 0 unspecified atom stereocenters. The number of aromatic nitrogens is 2. The van der Waals surface area contributed by atoms with Gasteiger partial charge >= 0.3 is 0 Å². The van der Waals surface area contributed by atoms with Crippen LogP contribution in [0.3, 0.4) is 0 Å². The quantitative estimate of drug-likeness (QED) is 0.0640. The van der Waals surface area contributed by atoms with Gasteiger partial charge in [0.1, 0.15) is 0 Å². The fourth-order valence-electron chi connectivity index (χ4n) is 8.15. The molecule has 5 heteroatoms. The van der Waals surface area contributed by atoms with Crippen molar-refractivity contribution in [3.63, 3.8) is 0 Å². The SMILES string of the molecule is CCCCCCCCCCCCCCCCCCn1cc(Oc2cn(CCCCCCCCCCCCCCCCCC)c(CC)cc2=O)c(=O)cc1CC. The van der Waals surface area contributed by atoms with Gasteiger partial charge in [0.05, 0.1) is 12.4 Å². The predicted molar refractivity (Wildman–Crippen MR) is 239 cm³/mol. The second-order valence-corrected chi connectivity index (χ2v) is 16.8. The highest BCUT2D eigenvalue weighted by molar-refractivity contribution is 5.30. The maximum Gasteiger partial charge on any atom is 0.224 e. The molecule has 0 aliphatic heterocycles. The van der Waals surface area contributed by atoms with Gasteiger partial charge < -0.3 is 13.9 Å². The largest absolute Gasteiger partial charge is 0.446 e. The Morgan fingerprint density at radius 3 is 0.836 bits per heavy atom. The molecule has 55 heavy (non-hydrogen) atoms. The van der Waals surface area contributed by atoms with E-state index in [1.807, 2.05) is 12.4 Å². The van der Waals surface area contributed by atoms with E-state index in [2.05, 4.69) is 36.8 Å². The van der Waals surface area contributed by atoms with Crippen molar-refractivity contribution in [3.05, 3.63) is 56.4 Å². The molecule has 2 aromatic rings. The van der Waals surface area contributed by atoms with Crippen molar-refractivity contribution in [2.45, 2.75) is 259 Å². The van der Waals surface area contributed by atoms with Crippen LogP contribution in [-0.2, 0) is 25.9 Å². The van der Waals surface area contributed by atoms with E-state index in [9.17, 15) is 9.59 Å². The number of ether oxygens (including phenoxy) is 1. The van der Waals surface area contributed by atoms with Crippen molar-refractivity contribution in [2.75, 3.05) is 0 Å². The third-order valence-electron chi connectivity index (χ3n) is 11.8. The van der Waals surface area contributed by atoms with Gasteiger partial charge in [0, 0.05) is 36.6 Å². The molecule has 316 valence electrons. The molecule has 0 amide bonds. The molecular weight excluding hydrogens is 677 g/mol. The lowest BCUT2D eigenvalue weighted by Gasteiger charge is -2.16. The van der Waals surface area contributed by atoms with Crippen molar-refractivity contribution < 1.29 is 4.74 Å².